The smallest absolute Gasteiger partial charge is 0.294 e. The van der Waals surface area contributed by atoms with E-state index in [1.165, 1.54) is 11.6 Å². The first kappa shape index (κ1) is 19.5. The molecule has 2 aliphatic heterocycles. The number of rotatable bonds is 4. The number of halogens is 1. The number of hydrogen-bond donors (Lipinski definition) is 0. The van der Waals surface area contributed by atoms with Gasteiger partial charge in [0, 0.05) is 49.5 Å². The molecule has 0 aliphatic carbocycles. The van der Waals surface area contributed by atoms with Gasteiger partial charge in [-0.15, -0.1) is 0 Å². The van der Waals surface area contributed by atoms with Crippen molar-refractivity contribution in [3.8, 4) is 0 Å². The lowest BCUT2D eigenvalue weighted by atomic mass is 10.0. The molecule has 7 nitrogen and oxygen atoms in total. The van der Waals surface area contributed by atoms with E-state index >= 15 is 0 Å². The van der Waals surface area contributed by atoms with E-state index in [0.717, 1.165) is 25.1 Å². The van der Waals surface area contributed by atoms with E-state index in [1.54, 1.807) is 12.1 Å². The number of piperazine rings is 1. The summed E-state index contributed by atoms with van der Waals surface area (Å²) in [6.07, 6.45) is 2.11. The molecule has 0 atom stereocenters. The minimum Gasteiger partial charge on any atom is -0.362 e. The van der Waals surface area contributed by atoms with E-state index in [9.17, 15) is 14.9 Å². The second-order valence-corrected chi connectivity index (χ2v) is 7.85. The highest BCUT2D eigenvalue weighted by atomic mass is 35.5. The second-order valence-electron chi connectivity index (χ2n) is 7.41. The summed E-state index contributed by atoms with van der Waals surface area (Å²) in [5.41, 5.74) is 3.01. The van der Waals surface area contributed by atoms with Crippen molar-refractivity contribution in [1.82, 2.24) is 4.90 Å². The maximum absolute atomic E-state index is 12.9. The van der Waals surface area contributed by atoms with Crippen LogP contribution in [0.1, 0.15) is 12.0 Å². The Balaban J connectivity index is 1.39. The number of carbonyl (C=O) groups is 1. The molecule has 0 spiro atoms. The quantitative estimate of drug-likeness (QED) is 0.566. The van der Waals surface area contributed by atoms with E-state index in [2.05, 4.69) is 17.0 Å². The Kier molecular flexibility index (Phi) is 5.58. The van der Waals surface area contributed by atoms with Crippen LogP contribution in [0.15, 0.2) is 42.5 Å². The van der Waals surface area contributed by atoms with Crippen LogP contribution in [0.3, 0.4) is 0 Å². The van der Waals surface area contributed by atoms with Crippen LogP contribution >= 0.6 is 11.6 Å². The van der Waals surface area contributed by atoms with Crippen molar-refractivity contribution in [3.05, 3.63) is 63.2 Å². The lowest BCUT2D eigenvalue weighted by molar-refractivity contribution is -0.384. The van der Waals surface area contributed by atoms with Gasteiger partial charge in [-0.3, -0.25) is 14.9 Å². The Hall–Kier alpha value is -2.80. The number of nitro groups is 1. The third-order valence-corrected chi connectivity index (χ3v) is 5.87. The van der Waals surface area contributed by atoms with Crippen molar-refractivity contribution in [2.75, 3.05) is 49.1 Å². The van der Waals surface area contributed by atoms with Crippen molar-refractivity contribution in [2.24, 2.45) is 0 Å². The molecule has 0 bridgehead atoms. The zero-order valence-corrected chi connectivity index (χ0v) is 16.8. The van der Waals surface area contributed by atoms with Gasteiger partial charge < -0.3 is 14.7 Å². The van der Waals surface area contributed by atoms with Crippen LogP contribution < -0.4 is 9.80 Å². The van der Waals surface area contributed by atoms with Gasteiger partial charge in [0.25, 0.3) is 5.69 Å². The van der Waals surface area contributed by atoms with Crippen LogP contribution in [0.2, 0.25) is 5.02 Å². The van der Waals surface area contributed by atoms with Gasteiger partial charge in [0.1, 0.15) is 5.69 Å². The maximum Gasteiger partial charge on any atom is 0.294 e. The van der Waals surface area contributed by atoms with Gasteiger partial charge in [-0.1, -0.05) is 29.8 Å². The summed E-state index contributed by atoms with van der Waals surface area (Å²) in [5, 5.41) is 11.7. The molecule has 8 heteroatoms. The first-order chi connectivity index (χ1) is 14.0. The average molecular weight is 415 g/mol. The lowest BCUT2D eigenvalue weighted by Gasteiger charge is -2.38. The van der Waals surface area contributed by atoms with E-state index in [4.69, 9.17) is 11.6 Å². The van der Waals surface area contributed by atoms with E-state index in [0.29, 0.717) is 43.4 Å². The first-order valence-corrected chi connectivity index (χ1v) is 10.2. The molecule has 0 aromatic heterocycles. The van der Waals surface area contributed by atoms with Crippen molar-refractivity contribution >= 4 is 34.6 Å². The number of hydrogen-bond acceptors (Lipinski definition) is 5. The van der Waals surface area contributed by atoms with Gasteiger partial charge in [0.05, 0.1) is 11.5 Å². The molecule has 29 heavy (non-hydrogen) atoms. The molecule has 0 unspecified atom stereocenters. The molecule has 2 heterocycles. The molecule has 0 N–H and O–H groups in total. The molecule has 1 amide bonds. The summed E-state index contributed by atoms with van der Waals surface area (Å²) < 4.78 is 0. The molecule has 2 aromatic rings. The number of fused-ring (bicyclic) bond motifs is 1. The van der Waals surface area contributed by atoms with Gasteiger partial charge in [0.2, 0.25) is 5.91 Å². The molecular weight excluding hydrogens is 392 g/mol. The summed E-state index contributed by atoms with van der Waals surface area (Å²) in [5.74, 6) is 0.104. The summed E-state index contributed by atoms with van der Waals surface area (Å²) in [4.78, 5) is 29.8. The van der Waals surface area contributed by atoms with Gasteiger partial charge in [-0.2, -0.15) is 0 Å². The zero-order valence-electron chi connectivity index (χ0n) is 16.1. The third kappa shape index (κ3) is 4.15. The van der Waals surface area contributed by atoms with E-state index in [-0.39, 0.29) is 11.6 Å². The molecule has 0 radical (unpaired) electrons. The van der Waals surface area contributed by atoms with Gasteiger partial charge >= 0.3 is 0 Å². The number of para-hydroxylation sites is 1. The van der Waals surface area contributed by atoms with Crippen LogP contribution in [0.25, 0.3) is 0 Å². The van der Waals surface area contributed by atoms with Gasteiger partial charge in [-0.05, 0) is 36.6 Å². The predicted molar refractivity (Wildman–Crippen MR) is 114 cm³/mol. The number of anilines is 2. The Labute approximate surface area is 174 Å². The maximum atomic E-state index is 12.9. The summed E-state index contributed by atoms with van der Waals surface area (Å²) >= 11 is 5.91. The Morgan fingerprint density at radius 2 is 1.79 bits per heavy atom. The number of benzene rings is 2. The Morgan fingerprint density at radius 3 is 2.55 bits per heavy atom. The van der Waals surface area contributed by atoms with Crippen LogP contribution in [0, 0.1) is 10.1 Å². The van der Waals surface area contributed by atoms with Crippen molar-refractivity contribution in [2.45, 2.75) is 12.8 Å². The normalized spacial score (nSPS) is 16.5. The molecule has 152 valence electrons. The largest absolute Gasteiger partial charge is 0.362 e. The molecule has 2 aliphatic rings. The minimum atomic E-state index is -0.410. The fourth-order valence-electron chi connectivity index (χ4n) is 4.15. The van der Waals surface area contributed by atoms with Crippen LogP contribution in [-0.4, -0.2) is 55.0 Å². The molecule has 4 rings (SSSR count). The molecule has 0 saturated carbocycles. The second kappa shape index (κ2) is 8.29. The van der Waals surface area contributed by atoms with Crippen LogP contribution in [-0.2, 0) is 11.2 Å². The van der Waals surface area contributed by atoms with Crippen LogP contribution in [0.5, 0.6) is 0 Å². The highest BCUT2D eigenvalue weighted by Crippen LogP contribution is 2.32. The average Bonchev–Trinajstić information content (AvgIpc) is 2.74. The number of carbonyl (C=O) groups excluding carboxylic acids is 1. The fraction of sp³-hybridized carbons (Fsp3) is 0.381. The highest BCUT2D eigenvalue weighted by Gasteiger charge is 2.27. The minimum absolute atomic E-state index is 0.00204. The highest BCUT2D eigenvalue weighted by molar-refractivity contribution is 6.30. The van der Waals surface area contributed by atoms with Crippen molar-refractivity contribution in [3.63, 3.8) is 0 Å². The van der Waals surface area contributed by atoms with E-state index in [1.807, 2.05) is 21.9 Å². The Morgan fingerprint density at radius 1 is 1.03 bits per heavy atom. The SMILES string of the molecule is O=C(CN1CCCc2ccccc21)N1CCN(c2ccc(Cl)cc2[N+](=O)[O-])CC1. The summed E-state index contributed by atoms with van der Waals surface area (Å²) in [6, 6.07) is 13.0. The topological polar surface area (TPSA) is 69.9 Å². The third-order valence-electron chi connectivity index (χ3n) is 5.64. The number of nitrogens with zero attached hydrogens (tertiary/aromatic N) is 4. The zero-order chi connectivity index (χ0) is 20.4. The lowest BCUT2D eigenvalue weighted by Crippen LogP contribution is -2.51. The standard InChI is InChI=1S/C21H23ClN4O3/c22-17-7-8-19(20(14-17)26(28)29)23-10-12-24(13-11-23)21(27)15-25-9-3-5-16-4-1-2-6-18(16)25/h1-2,4,6-8,14H,3,5,9-13,15H2. The number of nitro benzene ring substituents is 1. The number of amides is 1. The molecular formula is C21H23ClN4O3. The van der Waals surface area contributed by atoms with Gasteiger partial charge in [0.15, 0.2) is 0 Å². The fourth-order valence-corrected chi connectivity index (χ4v) is 4.31. The molecule has 1 fully saturated rings. The first-order valence-electron chi connectivity index (χ1n) is 9.82. The monoisotopic (exact) mass is 414 g/mol. The van der Waals surface area contributed by atoms with E-state index < -0.39 is 4.92 Å². The molecule has 1 saturated heterocycles. The summed E-state index contributed by atoms with van der Waals surface area (Å²) in [6.45, 7) is 3.48. The van der Waals surface area contributed by atoms with Crippen molar-refractivity contribution in [1.29, 1.82) is 0 Å². The van der Waals surface area contributed by atoms with Gasteiger partial charge in [-0.25, -0.2) is 0 Å². The summed E-state index contributed by atoms with van der Waals surface area (Å²) in [7, 11) is 0. The molecule has 2 aromatic carbocycles. The van der Waals surface area contributed by atoms with Crippen molar-refractivity contribution < 1.29 is 9.72 Å². The Bertz CT molecular complexity index is 928. The van der Waals surface area contributed by atoms with Crippen LogP contribution in [0.4, 0.5) is 17.1 Å². The predicted octanol–water partition coefficient (Wildman–Crippen LogP) is 3.35. The number of aryl methyl sites for hydroxylation is 1.